The normalized spacial score (nSPS) is 45.8. The molecule has 1 fully saturated rings. The molecular formula is C10H21N. The predicted octanol–water partition coefficient (Wildman–Crippen LogP) is 2.55. The van der Waals surface area contributed by atoms with E-state index in [1.165, 1.54) is 19.3 Å². The molecule has 0 heterocycles. The highest BCUT2D eigenvalue weighted by atomic mass is 14.8. The Morgan fingerprint density at radius 1 is 1.45 bits per heavy atom. The lowest BCUT2D eigenvalue weighted by Crippen LogP contribution is -2.48. The van der Waals surface area contributed by atoms with Crippen LogP contribution in [-0.4, -0.2) is 5.54 Å². The molecule has 1 aliphatic rings. The molecule has 0 aromatic rings. The van der Waals surface area contributed by atoms with Crippen molar-refractivity contribution in [3.8, 4) is 0 Å². The summed E-state index contributed by atoms with van der Waals surface area (Å²) >= 11 is 0. The fourth-order valence-corrected chi connectivity index (χ4v) is 2.24. The topological polar surface area (TPSA) is 26.0 Å². The van der Waals surface area contributed by atoms with E-state index in [2.05, 4.69) is 20.8 Å². The van der Waals surface area contributed by atoms with Gasteiger partial charge in [-0.2, -0.15) is 0 Å². The van der Waals surface area contributed by atoms with Crippen LogP contribution in [0.5, 0.6) is 0 Å². The molecule has 11 heavy (non-hydrogen) atoms. The Hall–Kier alpha value is -0.0400. The summed E-state index contributed by atoms with van der Waals surface area (Å²) in [5.41, 5.74) is 6.42. The molecule has 0 aromatic carbocycles. The average molecular weight is 155 g/mol. The first-order valence-corrected chi connectivity index (χ1v) is 4.87. The van der Waals surface area contributed by atoms with Gasteiger partial charge in [0.05, 0.1) is 0 Å². The van der Waals surface area contributed by atoms with Crippen LogP contribution in [0, 0.1) is 11.8 Å². The zero-order valence-corrected chi connectivity index (χ0v) is 8.06. The van der Waals surface area contributed by atoms with Gasteiger partial charge in [0, 0.05) is 5.54 Å². The number of hydrogen-bond acceptors (Lipinski definition) is 1. The van der Waals surface area contributed by atoms with Crippen molar-refractivity contribution in [1.29, 1.82) is 0 Å². The van der Waals surface area contributed by atoms with Crippen molar-refractivity contribution in [2.45, 2.75) is 52.0 Å². The minimum atomic E-state index is 0.159. The monoisotopic (exact) mass is 155 g/mol. The van der Waals surface area contributed by atoms with Crippen molar-refractivity contribution in [3.63, 3.8) is 0 Å². The lowest BCUT2D eigenvalue weighted by molar-refractivity contribution is 0.159. The van der Waals surface area contributed by atoms with Crippen molar-refractivity contribution in [2.75, 3.05) is 0 Å². The fourth-order valence-electron chi connectivity index (χ4n) is 2.24. The number of hydrogen-bond donors (Lipinski definition) is 1. The second-order valence-corrected chi connectivity index (χ2v) is 4.37. The zero-order valence-electron chi connectivity index (χ0n) is 8.06. The van der Waals surface area contributed by atoms with Crippen LogP contribution >= 0.6 is 0 Å². The van der Waals surface area contributed by atoms with Gasteiger partial charge in [0.15, 0.2) is 0 Å². The van der Waals surface area contributed by atoms with Crippen LogP contribution in [0.15, 0.2) is 0 Å². The molecule has 1 nitrogen and oxygen atoms in total. The van der Waals surface area contributed by atoms with Crippen molar-refractivity contribution in [2.24, 2.45) is 17.6 Å². The maximum Gasteiger partial charge on any atom is 0.0177 e. The maximum absolute atomic E-state index is 6.26. The second kappa shape index (κ2) is 3.14. The summed E-state index contributed by atoms with van der Waals surface area (Å²) in [5.74, 6) is 1.62. The SMILES string of the molecule is CCC1(N)CCC(C)CC1C. The van der Waals surface area contributed by atoms with E-state index < -0.39 is 0 Å². The van der Waals surface area contributed by atoms with Gasteiger partial charge in [-0.3, -0.25) is 0 Å². The molecule has 66 valence electrons. The Bertz CT molecular complexity index is 133. The van der Waals surface area contributed by atoms with Gasteiger partial charge in [-0.1, -0.05) is 20.8 Å². The third-order valence-electron chi connectivity index (χ3n) is 3.50. The maximum atomic E-state index is 6.26. The third kappa shape index (κ3) is 1.76. The van der Waals surface area contributed by atoms with Crippen LogP contribution < -0.4 is 5.73 Å². The quantitative estimate of drug-likeness (QED) is 0.618. The van der Waals surface area contributed by atoms with E-state index >= 15 is 0 Å². The minimum absolute atomic E-state index is 0.159. The summed E-state index contributed by atoms with van der Waals surface area (Å²) in [6.45, 7) is 6.86. The average Bonchev–Trinajstić information content (AvgIpc) is 1.98. The van der Waals surface area contributed by atoms with Crippen LogP contribution in [0.4, 0.5) is 0 Å². The van der Waals surface area contributed by atoms with Gasteiger partial charge in [0.1, 0.15) is 0 Å². The first kappa shape index (κ1) is 9.05. The van der Waals surface area contributed by atoms with Crippen molar-refractivity contribution in [3.05, 3.63) is 0 Å². The van der Waals surface area contributed by atoms with Crippen molar-refractivity contribution in [1.82, 2.24) is 0 Å². The molecule has 0 aromatic heterocycles. The Morgan fingerprint density at radius 3 is 2.55 bits per heavy atom. The number of nitrogens with two attached hydrogens (primary N) is 1. The molecule has 0 radical (unpaired) electrons. The van der Waals surface area contributed by atoms with Crippen LogP contribution in [0.3, 0.4) is 0 Å². The lowest BCUT2D eigenvalue weighted by atomic mass is 9.69. The van der Waals surface area contributed by atoms with E-state index in [0.717, 1.165) is 18.3 Å². The summed E-state index contributed by atoms with van der Waals surface area (Å²) < 4.78 is 0. The van der Waals surface area contributed by atoms with Crippen LogP contribution in [0.1, 0.15) is 46.5 Å². The Kier molecular flexibility index (Phi) is 2.58. The van der Waals surface area contributed by atoms with Crippen LogP contribution in [0.25, 0.3) is 0 Å². The van der Waals surface area contributed by atoms with E-state index in [4.69, 9.17) is 5.73 Å². The molecule has 0 amide bonds. The second-order valence-electron chi connectivity index (χ2n) is 4.37. The van der Waals surface area contributed by atoms with E-state index in [0.29, 0.717) is 0 Å². The van der Waals surface area contributed by atoms with E-state index in [-0.39, 0.29) is 5.54 Å². The van der Waals surface area contributed by atoms with Gasteiger partial charge < -0.3 is 5.73 Å². The lowest BCUT2D eigenvalue weighted by Gasteiger charge is -2.41. The van der Waals surface area contributed by atoms with Crippen molar-refractivity contribution < 1.29 is 0 Å². The molecule has 3 unspecified atom stereocenters. The Balaban J connectivity index is 2.56. The largest absolute Gasteiger partial charge is 0.325 e. The molecule has 1 rings (SSSR count). The first-order chi connectivity index (χ1) is 5.08. The molecule has 0 spiro atoms. The molecular weight excluding hydrogens is 134 g/mol. The Labute approximate surface area is 70.4 Å². The van der Waals surface area contributed by atoms with Gasteiger partial charge in [-0.25, -0.2) is 0 Å². The van der Waals surface area contributed by atoms with Crippen LogP contribution in [0.2, 0.25) is 0 Å². The molecule has 2 N–H and O–H groups in total. The molecule has 0 aliphatic heterocycles. The highest BCUT2D eigenvalue weighted by Crippen LogP contribution is 2.36. The van der Waals surface area contributed by atoms with Gasteiger partial charge >= 0.3 is 0 Å². The molecule has 3 atom stereocenters. The molecule has 1 aliphatic carbocycles. The van der Waals surface area contributed by atoms with E-state index in [1.54, 1.807) is 0 Å². The Morgan fingerprint density at radius 2 is 2.09 bits per heavy atom. The standard InChI is InChI=1S/C10H21N/c1-4-10(11)6-5-8(2)7-9(10)3/h8-9H,4-7,11H2,1-3H3. The minimum Gasteiger partial charge on any atom is -0.325 e. The molecule has 0 bridgehead atoms. The van der Waals surface area contributed by atoms with E-state index in [9.17, 15) is 0 Å². The van der Waals surface area contributed by atoms with E-state index in [1.807, 2.05) is 0 Å². The van der Waals surface area contributed by atoms with Gasteiger partial charge in [0.25, 0.3) is 0 Å². The highest BCUT2D eigenvalue weighted by molar-refractivity contribution is 4.92. The number of rotatable bonds is 1. The van der Waals surface area contributed by atoms with Gasteiger partial charge in [0.2, 0.25) is 0 Å². The van der Waals surface area contributed by atoms with Crippen LogP contribution in [-0.2, 0) is 0 Å². The summed E-state index contributed by atoms with van der Waals surface area (Å²) in [6, 6.07) is 0. The summed E-state index contributed by atoms with van der Waals surface area (Å²) in [7, 11) is 0. The first-order valence-electron chi connectivity index (χ1n) is 4.87. The fraction of sp³-hybridized carbons (Fsp3) is 1.00. The molecule has 1 saturated carbocycles. The smallest absolute Gasteiger partial charge is 0.0177 e. The third-order valence-corrected chi connectivity index (χ3v) is 3.50. The summed E-state index contributed by atoms with van der Waals surface area (Å²) in [6.07, 6.45) is 5.02. The highest BCUT2D eigenvalue weighted by Gasteiger charge is 2.34. The summed E-state index contributed by atoms with van der Waals surface area (Å²) in [4.78, 5) is 0. The zero-order chi connectivity index (χ0) is 8.48. The van der Waals surface area contributed by atoms with Gasteiger partial charge in [-0.15, -0.1) is 0 Å². The van der Waals surface area contributed by atoms with Gasteiger partial charge in [-0.05, 0) is 37.5 Å². The molecule has 1 heteroatoms. The predicted molar refractivity (Wildman–Crippen MR) is 49.4 cm³/mol. The van der Waals surface area contributed by atoms with Crippen molar-refractivity contribution >= 4 is 0 Å². The molecule has 0 saturated heterocycles. The summed E-state index contributed by atoms with van der Waals surface area (Å²) in [5, 5.41) is 0.